The zero-order chi connectivity index (χ0) is 12.3. The van der Waals surface area contributed by atoms with Crippen molar-refractivity contribution in [3.8, 4) is 0 Å². The third-order valence-corrected chi connectivity index (χ3v) is 3.78. The van der Waals surface area contributed by atoms with Crippen LogP contribution in [0.3, 0.4) is 0 Å². The number of thiophene rings is 1. The Bertz CT molecular complexity index is 513. The van der Waals surface area contributed by atoms with Crippen LogP contribution in [-0.2, 0) is 6.54 Å². The van der Waals surface area contributed by atoms with Gasteiger partial charge in [0.15, 0.2) is 0 Å². The van der Waals surface area contributed by atoms with Crippen molar-refractivity contribution < 1.29 is 4.79 Å². The van der Waals surface area contributed by atoms with E-state index in [0.717, 1.165) is 9.35 Å². The molecular formula is C12H11BrN2OS. The molecule has 0 unspecified atom stereocenters. The minimum atomic E-state index is -0.0779. The number of nitrogens with zero attached hydrogens (tertiary/aromatic N) is 2. The van der Waals surface area contributed by atoms with E-state index in [0.29, 0.717) is 12.2 Å². The van der Waals surface area contributed by atoms with Gasteiger partial charge >= 0.3 is 0 Å². The summed E-state index contributed by atoms with van der Waals surface area (Å²) < 4.78 is 0.725. The van der Waals surface area contributed by atoms with Crippen LogP contribution in [0.1, 0.15) is 15.4 Å². The van der Waals surface area contributed by atoms with Gasteiger partial charge in [0.2, 0.25) is 0 Å². The van der Waals surface area contributed by atoms with E-state index in [-0.39, 0.29) is 5.91 Å². The summed E-state index contributed by atoms with van der Waals surface area (Å²) in [6.07, 6.45) is 1.62. The topological polar surface area (TPSA) is 33.2 Å². The fraction of sp³-hybridized carbons (Fsp3) is 0.167. The first kappa shape index (κ1) is 12.3. The lowest BCUT2D eigenvalue weighted by atomic mass is 10.3. The van der Waals surface area contributed by atoms with Gasteiger partial charge in [0.25, 0.3) is 5.91 Å². The number of pyridine rings is 1. The lowest BCUT2D eigenvalue weighted by Crippen LogP contribution is -2.26. The molecule has 5 heteroatoms. The molecule has 0 bridgehead atoms. The largest absolute Gasteiger partial charge is 0.335 e. The number of rotatable bonds is 3. The van der Waals surface area contributed by atoms with E-state index in [1.165, 1.54) is 0 Å². The van der Waals surface area contributed by atoms with Gasteiger partial charge in [-0.3, -0.25) is 4.79 Å². The lowest BCUT2D eigenvalue weighted by molar-refractivity contribution is 0.0779. The Morgan fingerprint density at radius 3 is 2.94 bits per heavy atom. The first-order chi connectivity index (χ1) is 8.18. The molecule has 17 heavy (non-hydrogen) atoms. The molecule has 1 amide bonds. The Morgan fingerprint density at radius 1 is 1.47 bits per heavy atom. The lowest BCUT2D eigenvalue weighted by Gasteiger charge is -2.16. The fourth-order valence-electron chi connectivity index (χ4n) is 1.43. The molecule has 0 saturated heterocycles. The maximum atomic E-state index is 12.1. The van der Waals surface area contributed by atoms with Gasteiger partial charge in [0.1, 0.15) is 5.69 Å². The number of halogens is 1. The highest BCUT2D eigenvalue weighted by Crippen LogP contribution is 2.17. The second-order valence-corrected chi connectivity index (χ2v) is 5.46. The Hall–Kier alpha value is -1.20. The second kappa shape index (κ2) is 5.42. The van der Waals surface area contributed by atoms with E-state index in [4.69, 9.17) is 0 Å². The number of hydrogen-bond donors (Lipinski definition) is 0. The van der Waals surface area contributed by atoms with Crippen LogP contribution in [-0.4, -0.2) is 22.8 Å². The second-order valence-electron chi connectivity index (χ2n) is 3.57. The third kappa shape index (κ3) is 2.92. The van der Waals surface area contributed by atoms with Crippen LogP contribution in [0.4, 0.5) is 0 Å². The molecule has 2 aromatic heterocycles. The molecule has 0 aliphatic carbocycles. The molecule has 0 fully saturated rings. The predicted octanol–water partition coefficient (Wildman–Crippen LogP) is 3.18. The third-order valence-electron chi connectivity index (χ3n) is 2.28. The Balaban J connectivity index is 2.13. The number of hydrogen-bond acceptors (Lipinski definition) is 3. The first-order valence-corrected chi connectivity index (χ1v) is 6.74. The van der Waals surface area contributed by atoms with Gasteiger partial charge in [-0.05, 0) is 39.5 Å². The summed E-state index contributed by atoms with van der Waals surface area (Å²) in [5.41, 5.74) is 0.451. The standard InChI is InChI=1S/C12H11BrN2OS/c1-15(8-9-4-3-7-17-9)12(16)11-10(13)5-2-6-14-11/h2-7H,8H2,1H3. The van der Waals surface area contributed by atoms with Crippen LogP contribution < -0.4 is 0 Å². The summed E-state index contributed by atoms with van der Waals surface area (Å²) in [6.45, 7) is 0.611. The van der Waals surface area contributed by atoms with Crippen molar-refractivity contribution >= 4 is 33.2 Å². The van der Waals surface area contributed by atoms with Crippen LogP contribution >= 0.6 is 27.3 Å². The zero-order valence-corrected chi connectivity index (χ0v) is 11.7. The van der Waals surface area contributed by atoms with E-state index in [1.54, 1.807) is 35.5 Å². The van der Waals surface area contributed by atoms with Crippen molar-refractivity contribution in [2.24, 2.45) is 0 Å². The molecule has 0 aliphatic heterocycles. The summed E-state index contributed by atoms with van der Waals surface area (Å²) in [7, 11) is 1.78. The average molecular weight is 311 g/mol. The van der Waals surface area contributed by atoms with E-state index < -0.39 is 0 Å². The van der Waals surface area contributed by atoms with E-state index >= 15 is 0 Å². The van der Waals surface area contributed by atoms with Gasteiger partial charge in [-0.2, -0.15) is 0 Å². The van der Waals surface area contributed by atoms with Crippen molar-refractivity contribution in [3.05, 3.63) is 50.9 Å². The monoisotopic (exact) mass is 310 g/mol. The van der Waals surface area contributed by atoms with Gasteiger partial charge in [-0.15, -0.1) is 11.3 Å². The van der Waals surface area contributed by atoms with Gasteiger partial charge in [0.05, 0.1) is 6.54 Å². The molecule has 3 nitrogen and oxygen atoms in total. The smallest absolute Gasteiger partial charge is 0.273 e. The maximum Gasteiger partial charge on any atom is 0.273 e. The van der Waals surface area contributed by atoms with Crippen LogP contribution in [0.5, 0.6) is 0 Å². The van der Waals surface area contributed by atoms with Crippen molar-refractivity contribution in [1.29, 1.82) is 0 Å². The molecule has 0 N–H and O–H groups in total. The average Bonchev–Trinajstić information content (AvgIpc) is 2.81. The molecular weight excluding hydrogens is 300 g/mol. The summed E-state index contributed by atoms with van der Waals surface area (Å²) in [4.78, 5) is 19.0. The SMILES string of the molecule is CN(Cc1cccs1)C(=O)c1ncccc1Br. The highest BCUT2D eigenvalue weighted by Gasteiger charge is 2.16. The summed E-state index contributed by atoms with van der Waals surface area (Å²) >= 11 is 4.98. The summed E-state index contributed by atoms with van der Waals surface area (Å²) in [6, 6.07) is 7.61. The number of aromatic nitrogens is 1. The maximum absolute atomic E-state index is 12.1. The van der Waals surface area contributed by atoms with Crippen LogP contribution in [0.25, 0.3) is 0 Å². The zero-order valence-electron chi connectivity index (χ0n) is 9.26. The first-order valence-electron chi connectivity index (χ1n) is 5.07. The molecule has 2 aromatic rings. The van der Waals surface area contributed by atoms with Crippen LogP contribution in [0.15, 0.2) is 40.3 Å². The van der Waals surface area contributed by atoms with Crippen molar-refractivity contribution in [1.82, 2.24) is 9.88 Å². The quantitative estimate of drug-likeness (QED) is 0.872. The molecule has 0 saturated carbocycles. The molecule has 0 radical (unpaired) electrons. The Morgan fingerprint density at radius 2 is 2.29 bits per heavy atom. The van der Waals surface area contributed by atoms with Gasteiger partial charge in [-0.1, -0.05) is 6.07 Å². The van der Waals surface area contributed by atoms with Crippen molar-refractivity contribution in [3.63, 3.8) is 0 Å². The predicted molar refractivity (Wildman–Crippen MR) is 72.1 cm³/mol. The fourth-order valence-corrected chi connectivity index (χ4v) is 2.61. The Kier molecular flexibility index (Phi) is 3.91. The number of carbonyl (C=O) groups excluding carboxylic acids is 1. The molecule has 0 aliphatic rings. The highest BCUT2D eigenvalue weighted by molar-refractivity contribution is 9.10. The molecule has 0 aromatic carbocycles. The molecule has 88 valence electrons. The normalized spacial score (nSPS) is 10.2. The number of carbonyl (C=O) groups is 1. The highest BCUT2D eigenvalue weighted by atomic mass is 79.9. The van der Waals surface area contributed by atoms with E-state index in [9.17, 15) is 4.79 Å². The van der Waals surface area contributed by atoms with Crippen LogP contribution in [0, 0.1) is 0 Å². The molecule has 2 heterocycles. The molecule has 0 atom stereocenters. The van der Waals surface area contributed by atoms with Gasteiger partial charge in [0, 0.05) is 22.6 Å². The van der Waals surface area contributed by atoms with Crippen molar-refractivity contribution in [2.45, 2.75) is 6.54 Å². The molecule has 0 spiro atoms. The Labute approximate surface area is 112 Å². The minimum absolute atomic E-state index is 0.0779. The van der Waals surface area contributed by atoms with Crippen LogP contribution in [0.2, 0.25) is 0 Å². The minimum Gasteiger partial charge on any atom is -0.335 e. The van der Waals surface area contributed by atoms with Gasteiger partial charge in [-0.25, -0.2) is 4.98 Å². The van der Waals surface area contributed by atoms with Crippen molar-refractivity contribution in [2.75, 3.05) is 7.05 Å². The van der Waals surface area contributed by atoms with E-state index in [1.807, 2.05) is 23.6 Å². The van der Waals surface area contributed by atoms with E-state index in [2.05, 4.69) is 20.9 Å². The summed E-state index contributed by atoms with van der Waals surface area (Å²) in [5, 5.41) is 2.00. The summed E-state index contributed by atoms with van der Waals surface area (Å²) in [5.74, 6) is -0.0779. The number of amides is 1. The molecule has 2 rings (SSSR count). The van der Waals surface area contributed by atoms with Gasteiger partial charge < -0.3 is 4.90 Å².